The van der Waals surface area contributed by atoms with Crippen LogP contribution in [0.4, 0.5) is 0 Å². The average Bonchev–Trinajstić information content (AvgIpc) is 2.70. The van der Waals surface area contributed by atoms with E-state index in [0.717, 1.165) is 23.6 Å². The maximum absolute atomic E-state index is 11.3. The minimum absolute atomic E-state index is 0. The van der Waals surface area contributed by atoms with Gasteiger partial charge in [0.15, 0.2) is 5.96 Å². The Balaban J connectivity index is 0.00000420. The Morgan fingerprint density at radius 3 is 2.55 bits per heavy atom. The average molecular weight is 512 g/mol. The van der Waals surface area contributed by atoms with Crippen LogP contribution in [0.25, 0.3) is 0 Å². The van der Waals surface area contributed by atoms with Crippen molar-refractivity contribution in [1.29, 1.82) is 0 Å². The zero-order chi connectivity index (χ0) is 20.4. The van der Waals surface area contributed by atoms with Gasteiger partial charge in [-0.25, -0.2) is 4.99 Å². The Hall–Kier alpha value is -2.49. The van der Waals surface area contributed by atoms with E-state index in [0.29, 0.717) is 24.6 Å². The molecule has 0 heterocycles. The van der Waals surface area contributed by atoms with Crippen molar-refractivity contribution in [3.8, 4) is 11.5 Å². The van der Waals surface area contributed by atoms with E-state index in [1.165, 1.54) is 0 Å². The molecule has 0 aliphatic heterocycles. The summed E-state index contributed by atoms with van der Waals surface area (Å²) in [5, 5.41) is 6.47. The topological polar surface area (TPSA) is 98.0 Å². The van der Waals surface area contributed by atoms with Crippen molar-refractivity contribution in [3.63, 3.8) is 0 Å². The zero-order valence-electron chi connectivity index (χ0n) is 17.0. The number of nitrogens with zero attached hydrogens (tertiary/aromatic N) is 1. The molecule has 0 aromatic heterocycles. The third-order valence-electron chi connectivity index (χ3n) is 3.91. The van der Waals surface area contributed by atoms with E-state index >= 15 is 0 Å². The lowest BCUT2D eigenvalue weighted by atomic mass is 10.1. The van der Waals surface area contributed by atoms with Crippen LogP contribution in [0.2, 0.25) is 0 Å². The zero-order valence-corrected chi connectivity index (χ0v) is 19.3. The fraction of sp³-hybridized carbons (Fsp3) is 0.333. The van der Waals surface area contributed by atoms with E-state index in [1.54, 1.807) is 25.3 Å². The van der Waals surface area contributed by atoms with E-state index in [-0.39, 0.29) is 30.1 Å². The first kappa shape index (κ1) is 24.5. The molecule has 1 atom stereocenters. The maximum Gasteiger partial charge on any atom is 0.248 e. The van der Waals surface area contributed by atoms with Gasteiger partial charge in [-0.1, -0.05) is 18.2 Å². The number of nitrogens with one attached hydrogen (secondary N) is 2. The summed E-state index contributed by atoms with van der Waals surface area (Å²) in [6, 6.07) is 14.7. The van der Waals surface area contributed by atoms with Crippen LogP contribution in [-0.4, -0.2) is 38.2 Å². The SMILES string of the molecule is CCNC(=NCc1cccc(C(N)=O)c1)NCC(C)Oc1cccc(OC)c1.I. The van der Waals surface area contributed by atoms with Crippen LogP contribution in [0.1, 0.15) is 29.8 Å². The summed E-state index contributed by atoms with van der Waals surface area (Å²) in [6.07, 6.45) is -0.0749. The molecule has 7 nitrogen and oxygen atoms in total. The number of rotatable bonds is 9. The van der Waals surface area contributed by atoms with Crippen molar-refractivity contribution >= 4 is 35.8 Å². The highest BCUT2D eigenvalue weighted by atomic mass is 127. The van der Waals surface area contributed by atoms with Gasteiger partial charge in [0.25, 0.3) is 0 Å². The summed E-state index contributed by atoms with van der Waals surface area (Å²) in [4.78, 5) is 15.9. The number of aliphatic imine (C=N–C) groups is 1. The third kappa shape index (κ3) is 8.59. The number of amides is 1. The molecule has 1 amide bonds. The van der Waals surface area contributed by atoms with Gasteiger partial charge in [0.05, 0.1) is 20.2 Å². The van der Waals surface area contributed by atoms with Crippen molar-refractivity contribution in [3.05, 3.63) is 59.7 Å². The molecule has 0 saturated carbocycles. The summed E-state index contributed by atoms with van der Waals surface area (Å²) in [7, 11) is 1.63. The van der Waals surface area contributed by atoms with E-state index in [2.05, 4.69) is 15.6 Å². The van der Waals surface area contributed by atoms with Gasteiger partial charge in [-0.15, -0.1) is 24.0 Å². The number of nitrogens with two attached hydrogens (primary N) is 1. The van der Waals surface area contributed by atoms with Gasteiger partial charge in [0, 0.05) is 18.2 Å². The number of carbonyl (C=O) groups excluding carboxylic acids is 1. The first-order valence-electron chi connectivity index (χ1n) is 9.23. The van der Waals surface area contributed by atoms with Crippen molar-refractivity contribution in [2.75, 3.05) is 20.2 Å². The summed E-state index contributed by atoms with van der Waals surface area (Å²) in [6.45, 7) is 5.72. The van der Waals surface area contributed by atoms with E-state index in [9.17, 15) is 4.79 Å². The third-order valence-corrected chi connectivity index (χ3v) is 3.91. The van der Waals surface area contributed by atoms with E-state index in [1.807, 2.05) is 44.2 Å². The molecule has 8 heteroatoms. The molecule has 0 saturated heterocycles. The predicted molar refractivity (Wildman–Crippen MR) is 126 cm³/mol. The van der Waals surface area contributed by atoms with E-state index in [4.69, 9.17) is 15.2 Å². The monoisotopic (exact) mass is 512 g/mol. The van der Waals surface area contributed by atoms with Crippen molar-refractivity contribution < 1.29 is 14.3 Å². The molecule has 2 rings (SSSR count). The standard InChI is InChI=1S/C21H28N4O3.HI/c1-4-23-21(25-14-16-7-5-8-17(11-16)20(22)26)24-13-15(2)28-19-10-6-9-18(12-19)27-3;/h5-12,15H,4,13-14H2,1-3H3,(H2,22,26)(H2,23,24,25);1H. The molecular formula is C21H29IN4O3. The van der Waals surface area contributed by atoms with Crippen LogP contribution in [0.3, 0.4) is 0 Å². The Bertz CT molecular complexity index is 814. The Morgan fingerprint density at radius 1 is 1.14 bits per heavy atom. The molecule has 4 N–H and O–H groups in total. The second-order valence-corrected chi connectivity index (χ2v) is 6.25. The maximum atomic E-state index is 11.3. The Labute approximate surface area is 189 Å². The minimum Gasteiger partial charge on any atom is -0.497 e. The first-order chi connectivity index (χ1) is 13.5. The molecule has 0 aliphatic rings. The molecular weight excluding hydrogens is 483 g/mol. The lowest BCUT2D eigenvalue weighted by molar-refractivity contribution is 0.1000. The number of ether oxygens (including phenoxy) is 2. The second-order valence-electron chi connectivity index (χ2n) is 6.25. The van der Waals surface area contributed by atoms with Gasteiger partial charge in [0.2, 0.25) is 5.91 Å². The van der Waals surface area contributed by atoms with Crippen LogP contribution in [-0.2, 0) is 6.54 Å². The van der Waals surface area contributed by atoms with Crippen molar-refractivity contribution in [2.24, 2.45) is 10.7 Å². The second kappa shape index (κ2) is 12.9. The Kier molecular flexibility index (Phi) is 10.9. The van der Waals surface area contributed by atoms with Gasteiger partial charge < -0.3 is 25.8 Å². The summed E-state index contributed by atoms with van der Waals surface area (Å²) < 4.78 is 11.1. The van der Waals surface area contributed by atoms with Crippen molar-refractivity contribution in [1.82, 2.24) is 10.6 Å². The Morgan fingerprint density at radius 2 is 1.86 bits per heavy atom. The van der Waals surface area contributed by atoms with Gasteiger partial charge in [-0.2, -0.15) is 0 Å². The van der Waals surface area contributed by atoms with Crippen LogP contribution in [0.5, 0.6) is 11.5 Å². The molecule has 1 unspecified atom stereocenters. The molecule has 2 aromatic carbocycles. The number of guanidine groups is 1. The fourth-order valence-electron chi connectivity index (χ4n) is 2.52. The number of methoxy groups -OCH3 is 1. The molecule has 2 aromatic rings. The first-order valence-corrected chi connectivity index (χ1v) is 9.23. The number of carbonyl (C=O) groups is 1. The van der Waals surface area contributed by atoms with Crippen molar-refractivity contribution in [2.45, 2.75) is 26.5 Å². The highest BCUT2D eigenvalue weighted by Crippen LogP contribution is 2.19. The predicted octanol–water partition coefficient (Wildman–Crippen LogP) is 2.93. The van der Waals surface area contributed by atoms with Crippen LogP contribution >= 0.6 is 24.0 Å². The van der Waals surface area contributed by atoms with Crippen LogP contribution in [0.15, 0.2) is 53.5 Å². The smallest absolute Gasteiger partial charge is 0.248 e. The largest absolute Gasteiger partial charge is 0.497 e. The number of benzene rings is 2. The van der Waals surface area contributed by atoms with Crippen LogP contribution < -0.4 is 25.8 Å². The summed E-state index contributed by atoms with van der Waals surface area (Å²) in [5.41, 5.74) is 6.72. The molecule has 0 bridgehead atoms. The van der Waals surface area contributed by atoms with Gasteiger partial charge in [-0.05, 0) is 43.7 Å². The number of primary amides is 1. The number of hydrogen-bond donors (Lipinski definition) is 3. The van der Waals surface area contributed by atoms with Gasteiger partial charge >= 0.3 is 0 Å². The molecule has 0 aliphatic carbocycles. The molecule has 0 fully saturated rings. The highest BCUT2D eigenvalue weighted by molar-refractivity contribution is 14.0. The normalized spacial score (nSPS) is 11.8. The fourth-order valence-corrected chi connectivity index (χ4v) is 2.52. The quantitative estimate of drug-likeness (QED) is 0.273. The molecule has 0 spiro atoms. The lowest BCUT2D eigenvalue weighted by Crippen LogP contribution is -2.41. The lowest BCUT2D eigenvalue weighted by Gasteiger charge is -2.18. The molecule has 29 heavy (non-hydrogen) atoms. The minimum atomic E-state index is -0.445. The van der Waals surface area contributed by atoms with Gasteiger partial charge in [-0.3, -0.25) is 4.79 Å². The summed E-state index contributed by atoms with van der Waals surface area (Å²) >= 11 is 0. The molecule has 0 radical (unpaired) electrons. The number of halogens is 1. The highest BCUT2D eigenvalue weighted by Gasteiger charge is 2.07. The van der Waals surface area contributed by atoms with Crippen LogP contribution in [0, 0.1) is 0 Å². The number of hydrogen-bond acceptors (Lipinski definition) is 4. The van der Waals surface area contributed by atoms with Gasteiger partial charge in [0.1, 0.15) is 17.6 Å². The molecule has 158 valence electrons. The van der Waals surface area contributed by atoms with E-state index < -0.39 is 5.91 Å². The summed E-state index contributed by atoms with van der Waals surface area (Å²) in [5.74, 6) is 1.73.